The van der Waals surface area contributed by atoms with Gasteiger partial charge in [-0.05, 0) is 37.1 Å². The molecule has 184 valence electrons. The first-order valence-electron chi connectivity index (χ1n) is 12.3. The minimum absolute atomic E-state index is 0.105. The quantitative estimate of drug-likeness (QED) is 0.326. The molecule has 0 aliphatic carbocycles. The number of carbonyl (C=O) groups excluding carboxylic acids is 3. The highest BCUT2D eigenvalue weighted by molar-refractivity contribution is 6.18. The van der Waals surface area contributed by atoms with Gasteiger partial charge >= 0.3 is 0 Å². The van der Waals surface area contributed by atoms with E-state index in [-0.39, 0.29) is 23.1 Å². The summed E-state index contributed by atoms with van der Waals surface area (Å²) in [6.07, 6.45) is 1.41. The number of ketones is 1. The number of nitro benzene ring substituents is 1. The largest absolute Gasteiger partial charge is 0.325 e. The topological polar surface area (TPSA) is 122 Å². The lowest BCUT2D eigenvalue weighted by Gasteiger charge is -2.38. The van der Waals surface area contributed by atoms with Crippen LogP contribution in [0.4, 0.5) is 17.1 Å². The number of anilines is 2. The standard InChI is InChI=1S/C28H22N4O5/c33-23(16-7-5-8-17(15-16)32(36)37)24-27(18-9-1-3-11-20(18)29-25(27)34)22-13-6-14-31(22)28(24)19-10-2-4-12-21(19)30-26(28)35/h1-5,7-12,15,22,24H,6,13-14H2,(H,29,34)(H,30,35)/t22-,24+,27+,28+/m0/s1. The maximum Gasteiger partial charge on any atom is 0.270 e. The second-order valence-electron chi connectivity index (χ2n) is 10.1. The van der Waals surface area contributed by atoms with Gasteiger partial charge in [-0.2, -0.15) is 0 Å². The fraction of sp³-hybridized carbons (Fsp3) is 0.250. The van der Waals surface area contributed by atoms with Crippen LogP contribution in [0, 0.1) is 16.0 Å². The minimum Gasteiger partial charge on any atom is -0.325 e. The molecule has 4 atom stereocenters. The van der Waals surface area contributed by atoms with Crippen molar-refractivity contribution in [3.05, 3.63) is 99.6 Å². The average molecular weight is 495 g/mol. The molecule has 3 aromatic rings. The number of benzene rings is 3. The lowest BCUT2D eigenvalue weighted by Crippen LogP contribution is -2.55. The predicted octanol–water partition coefficient (Wildman–Crippen LogP) is 3.61. The van der Waals surface area contributed by atoms with E-state index in [9.17, 15) is 24.5 Å². The molecule has 0 bridgehead atoms. The summed E-state index contributed by atoms with van der Waals surface area (Å²) >= 11 is 0. The van der Waals surface area contributed by atoms with Crippen LogP contribution >= 0.6 is 0 Å². The van der Waals surface area contributed by atoms with Crippen LogP contribution in [0.15, 0.2) is 72.8 Å². The Morgan fingerprint density at radius 1 is 0.919 bits per heavy atom. The smallest absolute Gasteiger partial charge is 0.270 e. The van der Waals surface area contributed by atoms with E-state index in [2.05, 4.69) is 15.5 Å². The number of fused-ring (bicyclic) bond motifs is 7. The summed E-state index contributed by atoms with van der Waals surface area (Å²) in [4.78, 5) is 56.0. The Labute approximate surface area is 211 Å². The van der Waals surface area contributed by atoms with Crippen LogP contribution in [0.2, 0.25) is 0 Å². The van der Waals surface area contributed by atoms with Crippen molar-refractivity contribution < 1.29 is 19.3 Å². The van der Waals surface area contributed by atoms with Gasteiger partial charge in [0.05, 0.1) is 10.8 Å². The van der Waals surface area contributed by atoms with E-state index in [0.717, 1.165) is 6.42 Å². The maximum atomic E-state index is 14.7. The second kappa shape index (κ2) is 7.33. The molecule has 2 spiro atoms. The van der Waals surface area contributed by atoms with Crippen LogP contribution in [-0.2, 0) is 20.5 Å². The zero-order valence-corrected chi connectivity index (χ0v) is 19.6. The third kappa shape index (κ3) is 2.49. The van der Waals surface area contributed by atoms with Crippen molar-refractivity contribution in [3.63, 3.8) is 0 Å². The molecule has 3 aromatic carbocycles. The Kier molecular flexibility index (Phi) is 4.33. The number of carbonyl (C=O) groups is 3. The second-order valence-corrected chi connectivity index (χ2v) is 10.1. The van der Waals surface area contributed by atoms with Crippen molar-refractivity contribution in [1.82, 2.24) is 4.90 Å². The summed E-state index contributed by atoms with van der Waals surface area (Å²) in [5.74, 6) is -2.27. The van der Waals surface area contributed by atoms with Crippen molar-refractivity contribution in [2.24, 2.45) is 5.92 Å². The number of rotatable bonds is 3. The molecule has 2 saturated heterocycles. The molecular weight excluding hydrogens is 472 g/mol. The fourth-order valence-corrected chi connectivity index (χ4v) is 7.44. The molecule has 4 aliphatic rings. The SMILES string of the molecule is O=C(c1cccc([N+](=O)[O-])c1)[C@@H]1[C@]2(C(=O)Nc3ccccc32)[C@@H]2CCCN2[C@@]12C(=O)Nc1ccccc12. The van der Waals surface area contributed by atoms with E-state index < -0.39 is 33.6 Å². The van der Waals surface area contributed by atoms with Crippen LogP contribution in [-0.4, -0.2) is 40.0 Å². The average Bonchev–Trinajstić information content (AvgIpc) is 3.62. The van der Waals surface area contributed by atoms with Gasteiger partial charge in [0.25, 0.3) is 5.69 Å². The number of nitrogens with zero attached hydrogens (tertiary/aromatic N) is 2. The summed E-state index contributed by atoms with van der Waals surface area (Å²) in [6, 6.07) is 19.8. The van der Waals surface area contributed by atoms with Gasteiger partial charge in [-0.15, -0.1) is 0 Å². The van der Waals surface area contributed by atoms with Crippen LogP contribution in [0.5, 0.6) is 0 Å². The van der Waals surface area contributed by atoms with E-state index in [1.165, 1.54) is 24.3 Å². The first kappa shape index (κ1) is 21.9. The summed E-state index contributed by atoms with van der Waals surface area (Å²) in [5, 5.41) is 17.5. The number of amides is 2. The minimum atomic E-state index is -1.44. The summed E-state index contributed by atoms with van der Waals surface area (Å²) in [5.41, 5.74) is -0.315. The highest BCUT2D eigenvalue weighted by atomic mass is 16.6. The number of Topliss-reactive ketones (excluding diaryl/α,β-unsaturated/α-hetero) is 1. The number of hydrogen-bond acceptors (Lipinski definition) is 6. The molecule has 7 rings (SSSR count). The molecule has 2 N–H and O–H groups in total. The molecular formula is C28H22N4O5. The van der Waals surface area contributed by atoms with E-state index in [1.54, 1.807) is 6.07 Å². The van der Waals surface area contributed by atoms with Crippen molar-refractivity contribution >= 4 is 34.7 Å². The molecule has 0 unspecified atom stereocenters. The molecule has 4 heterocycles. The Morgan fingerprint density at radius 3 is 2.35 bits per heavy atom. The fourth-order valence-electron chi connectivity index (χ4n) is 7.44. The molecule has 0 aromatic heterocycles. The van der Waals surface area contributed by atoms with Crippen molar-refractivity contribution in [3.8, 4) is 0 Å². The van der Waals surface area contributed by atoms with Gasteiger partial charge in [0, 0.05) is 40.7 Å². The predicted molar refractivity (Wildman–Crippen MR) is 134 cm³/mol. The van der Waals surface area contributed by atoms with Gasteiger partial charge < -0.3 is 10.6 Å². The molecule has 2 fully saturated rings. The van der Waals surface area contributed by atoms with E-state index in [0.29, 0.717) is 35.5 Å². The molecule has 2 amide bonds. The summed E-state index contributed by atoms with van der Waals surface area (Å²) < 4.78 is 0. The van der Waals surface area contributed by atoms with E-state index >= 15 is 0 Å². The lowest BCUT2D eigenvalue weighted by molar-refractivity contribution is -0.384. The zero-order chi connectivity index (χ0) is 25.5. The van der Waals surface area contributed by atoms with Crippen molar-refractivity contribution in [2.75, 3.05) is 17.2 Å². The van der Waals surface area contributed by atoms with Crippen molar-refractivity contribution in [1.29, 1.82) is 0 Å². The van der Waals surface area contributed by atoms with Crippen LogP contribution < -0.4 is 10.6 Å². The Balaban J connectivity index is 1.57. The van der Waals surface area contributed by atoms with Gasteiger partial charge in [0.1, 0.15) is 11.0 Å². The maximum absolute atomic E-state index is 14.7. The van der Waals surface area contributed by atoms with Crippen molar-refractivity contribution in [2.45, 2.75) is 29.8 Å². The first-order valence-corrected chi connectivity index (χ1v) is 12.3. The Morgan fingerprint density at radius 2 is 1.59 bits per heavy atom. The Bertz CT molecular complexity index is 1470. The first-order chi connectivity index (χ1) is 17.9. The number of nitro groups is 1. The molecule has 0 saturated carbocycles. The summed E-state index contributed by atoms with van der Waals surface area (Å²) in [7, 11) is 0. The molecule has 9 nitrogen and oxygen atoms in total. The van der Waals surface area contributed by atoms with E-state index in [4.69, 9.17) is 0 Å². The van der Waals surface area contributed by atoms with E-state index in [1.807, 2.05) is 42.5 Å². The number of para-hydroxylation sites is 2. The number of nitrogens with one attached hydrogen (secondary N) is 2. The normalized spacial score (nSPS) is 29.2. The number of hydrogen-bond donors (Lipinski definition) is 2. The zero-order valence-electron chi connectivity index (χ0n) is 19.6. The van der Waals surface area contributed by atoms with Gasteiger partial charge in [-0.1, -0.05) is 48.5 Å². The highest BCUT2D eigenvalue weighted by Gasteiger charge is 2.78. The molecule has 37 heavy (non-hydrogen) atoms. The molecule has 4 aliphatic heterocycles. The molecule has 0 radical (unpaired) electrons. The van der Waals surface area contributed by atoms with Gasteiger partial charge in [-0.3, -0.25) is 29.4 Å². The van der Waals surface area contributed by atoms with Gasteiger partial charge in [0.15, 0.2) is 5.78 Å². The Hall–Kier alpha value is -4.37. The van der Waals surface area contributed by atoms with Gasteiger partial charge in [-0.25, -0.2) is 0 Å². The molecule has 9 heteroatoms. The third-order valence-corrected chi connectivity index (χ3v) is 8.64. The number of non-ortho nitro benzene ring substituents is 1. The van der Waals surface area contributed by atoms with Crippen LogP contribution in [0.25, 0.3) is 0 Å². The summed E-state index contributed by atoms with van der Waals surface area (Å²) in [6.45, 7) is 0.544. The van der Waals surface area contributed by atoms with Crippen LogP contribution in [0.1, 0.15) is 34.3 Å². The van der Waals surface area contributed by atoms with Gasteiger partial charge in [0.2, 0.25) is 11.8 Å². The monoisotopic (exact) mass is 494 g/mol. The third-order valence-electron chi connectivity index (χ3n) is 8.64. The lowest BCUT2D eigenvalue weighted by atomic mass is 9.60. The highest BCUT2D eigenvalue weighted by Crippen LogP contribution is 2.66. The van der Waals surface area contributed by atoms with Crippen LogP contribution in [0.3, 0.4) is 0 Å².